The fourth-order valence-corrected chi connectivity index (χ4v) is 3.52. The maximum absolute atomic E-state index is 5.87. The largest absolute Gasteiger partial charge is 0.489 e. The standard InChI is InChI=1S/C15H22N2OS2/c1-5-11(9-20-4)17-12-7-6-8-13(18-10(2)3)14(12)16-15(17)19/h6-8,10-11H,5,9H2,1-4H3,(H,16,19). The molecule has 0 radical (unpaired) electrons. The molecule has 0 saturated heterocycles. The Hall–Kier alpha value is -0.940. The Bertz CT molecular complexity index is 630. The summed E-state index contributed by atoms with van der Waals surface area (Å²) in [6.45, 7) is 6.27. The number of nitrogens with one attached hydrogen (secondary N) is 1. The van der Waals surface area contributed by atoms with Gasteiger partial charge in [0.15, 0.2) is 4.77 Å². The third-order valence-electron chi connectivity index (χ3n) is 3.27. The summed E-state index contributed by atoms with van der Waals surface area (Å²) in [7, 11) is 0. The minimum atomic E-state index is 0.152. The molecular weight excluding hydrogens is 288 g/mol. The minimum absolute atomic E-state index is 0.152. The number of fused-ring (bicyclic) bond motifs is 1. The SMILES string of the molecule is CCC(CSC)n1c(=S)[nH]c2c(OC(C)C)cccc21. The Morgan fingerprint density at radius 2 is 2.15 bits per heavy atom. The zero-order valence-corrected chi connectivity index (χ0v) is 14.1. The highest BCUT2D eigenvalue weighted by Gasteiger charge is 2.16. The second-order valence-corrected chi connectivity index (χ2v) is 6.43. The Labute approximate surface area is 129 Å². The number of aromatic amines is 1. The lowest BCUT2D eigenvalue weighted by Gasteiger charge is -2.17. The molecule has 0 bridgehead atoms. The molecule has 1 aromatic heterocycles. The lowest BCUT2D eigenvalue weighted by atomic mass is 10.2. The van der Waals surface area contributed by atoms with Gasteiger partial charge in [0, 0.05) is 11.8 Å². The first-order valence-electron chi connectivity index (χ1n) is 6.97. The van der Waals surface area contributed by atoms with Crippen LogP contribution in [0, 0.1) is 4.77 Å². The van der Waals surface area contributed by atoms with Crippen molar-refractivity contribution in [1.29, 1.82) is 0 Å². The van der Waals surface area contributed by atoms with Crippen molar-refractivity contribution in [1.82, 2.24) is 9.55 Å². The predicted octanol–water partition coefficient (Wildman–Crippen LogP) is 4.80. The first-order chi connectivity index (χ1) is 9.58. The van der Waals surface area contributed by atoms with Crippen LogP contribution < -0.4 is 4.74 Å². The van der Waals surface area contributed by atoms with Gasteiger partial charge in [-0.1, -0.05) is 13.0 Å². The molecule has 1 aromatic carbocycles. The molecular formula is C15H22N2OS2. The van der Waals surface area contributed by atoms with Gasteiger partial charge in [0.05, 0.1) is 11.6 Å². The summed E-state index contributed by atoms with van der Waals surface area (Å²) in [5, 5.41) is 0. The molecule has 1 unspecified atom stereocenters. The van der Waals surface area contributed by atoms with Crippen molar-refractivity contribution in [3.8, 4) is 5.75 Å². The fourth-order valence-electron chi connectivity index (χ4n) is 2.40. The summed E-state index contributed by atoms with van der Waals surface area (Å²) in [6, 6.07) is 6.55. The van der Waals surface area contributed by atoms with Crippen molar-refractivity contribution >= 4 is 35.0 Å². The zero-order valence-electron chi connectivity index (χ0n) is 12.5. The van der Waals surface area contributed by atoms with Gasteiger partial charge < -0.3 is 14.3 Å². The fraction of sp³-hybridized carbons (Fsp3) is 0.533. The number of hydrogen-bond acceptors (Lipinski definition) is 3. The molecule has 3 nitrogen and oxygen atoms in total. The van der Waals surface area contributed by atoms with E-state index >= 15 is 0 Å². The van der Waals surface area contributed by atoms with Crippen molar-refractivity contribution < 1.29 is 4.74 Å². The average molecular weight is 310 g/mol. The lowest BCUT2D eigenvalue weighted by Crippen LogP contribution is -2.10. The van der Waals surface area contributed by atoms with Crippen LogP contribution in [-0.2, 0) is 0 Å². The van der Waals surface area contributed by atoms with E-state index in [1.807, 2.05) is 37.7 Å². The number of rotatable bonds is 6. The van der Waals surface area contributed by atoms with E-state index in [4.69, 9.17) is 17.0 Å². The molecule has 1 N–H and O–H groups in total. The summed E-state index contributed by atoms with van der Waals surface area (Å²) in [6.07, 6.45) is 3.35. The Morgan fingerprint density at radius 3 is 2.75 bits per heavy atom. The van der Waals surface area contributed by atoms with E-state index in [9.17, 15) is 0 Å². The number of ether oxygens (including phenoxy) is 1. The van der Waals surface area contributed by atoms with Crippen LogP contribution in [0.5, 0.6) is 5.75 Å². The highest BCUT2D eigenvalue weighted by molar-refractivity contribution is 7.98. The first kappa shape index (κ1) is 15.4. The number of thioether (sulfide) groups is 1. The second-order valence-electron chi connectivity index (χ2n) is 5.13. The minimum Gasteiger partial charge on any atom is -0.489 e. The number of imidazole rings is 1. The molecule has 20 heavy (non-hydrogen) atoms. The number of hydrogen-bond donors (Lipinski definition) is 1. The summed E-state index contributed by atoms with van der Waals surface area (Å²) >= 11 is 7.38. The molecule has 1 heterocycles. The van der Waals surface area contributed by atoms with Crippen LogP contribution >= 0.6 is 24.0 Å². The molecule has 0 spiro atoms. The summed E-state index contributed by atoms with van der Waals surface area (Å²) in [5.74, 6) is 1.94. The highest BCUT2D eigenvalue weighted by atomic mass is 32.2. The number of para-hydroxylation sites is 1. The van der Waals surface area contributed by atoms with Gasteiger partial charge in [-0.25, -0.2) is 0 Å². The number of aromatic nitrogens is 2. The van der Waals surface area contributed by atoms with Gasteiger partial charge >= 0.3 is 0 Å². The monoisotopic (exact) mass is 310 g/mol. The van der Waals surface area contributed by atoms with Crippen LogP contribution in [-0.4, -0.2) is 27.7 Å². The van der Waals surface area contributed by atoms with E-state index in [0.717, 1.165) is 33.7 Å². The van der Waals surface area contributed by atoms with Crippen molar-refractivity contribution in [3.63, 3.8) is 0 Å². The highest BCUT2D eigenvalue weighted by Crippen LogP contribution is 2.29. The zero-order chi connectivity index (χ0) is 14.7. The Morgan fingerprint density at radius 1 is 1.40 bits per heavy atom. The van der Waals surface area contributed by atoms with Crippen LogP contribution in [0.2, 0.25) is 0 Å². The van der Waals surface area contributed by atoms with Crippen LogP contribution in [0.15, 0.2) is 18.2 Å². The Balaban J connectivity index is 2.57. The van der Waals surface area contributed by atoms with Crippen LogP contribution in [0.3, 0.4) is 0 Å². The molecule has 2 rings (SSSR count). The molecule has 1 atom stereocenters. The molecule has 0 aliphatic heterocycles. The van der Waals surface area contributed by atoms with Crippen LogP contribution in [0.25, 0.3) is 11.0 Å². The van der Waals surface area contributed by atoms with Crippen LogP contribution in [0.4, 0.5) is 0 Å². The number of nitrogens with zero attached hydrogens (tertiary/aromatic N) is 1. The molecule has 5 heteroatoms. The van der Waals surface area contributed by atoms with E-state index in [0.29, 0.717) is 6.04 Å². The molecule has 0 aliphatic rings. The quantitative estimate of drug-likeness (QED) is 0.777. The number of benzene rings is 1. The van der Waals surface area contributed by atoms with Crippen LogP contribution in [0.1, 0.15) is 33.2 Å². The van der Waals surface area contributed by atoms with Gasteiger partial charge in [0.25, 0.3) is 0 Å². The van der Waals surface area contributed by atoms with Gasteiger partial charge in [0.2, 0.25) is 0 Å². The van der Waals surface area contributed by atoms with E-state index in [1.165, 1.54) is 0 Å². The van der Waals surface area contributed by atoms with Crippen molar-refractivity contribution in [3.05, 3.63) is 23.0 Å². The van der Waals surface area contributed by atoms with Crippen molar-refractivity contribution in [2.75, 3.05) is 12.0 Å². The third kappa shape index (κ3) is 3.04. The average Bonchev–Trinajstić information content (AvgIpc) is 2.73. The maximum atomic E-state index is 5.87. The van der Waals surface area contributed by atoms with Crippen molar-refractivity contribution in [2.24, 2.45) is 0 Å². The summed E-state index contributed by atoms with van der Waals surface area (Å²) in [5.41, 5.74) is 2.14. The Kier molecular flexibility index (Phi) is 5.16. The predicted molar refractivity (Wildman–Crippen MR) is 90.6 cm³/mol. The molecule has 0 amide bonds. The summed E-state index contributed by atoms with van der Waals surface area (Å²) < 4.78 is 8.88. The van der Waals surface area contributed by atoms with Gasteiger partial charge in [-0.2, -0.15) is 11.8 Å². The van der Waals surface area contributed by atoms with E-state index in [-0.39, 0.29) is 6.10 Å². The first-order valence-corrected chi connectivity index (χ1v) is 8.77. The molecule has 2 aromatic rings. The van der Waals surface area contributed by atoms with E-state index in [2.05, 4.69) is 28.8 Å². The van der Waals surface area contributed by atoms with Gasteiger partial charge in [-0.05, 0) is 50.9 Å². The smallest absolute Gasteiger partial charge is 0.178 e. The third-order valence-corrected chi connectivity index (χ3v) is 4.29. The van der Waals surface area contributed by atoms with Gasteiger partial charge in [-0.15, -0.1) is 0 Å². The molecule has 0 aliphatic carbocycles. The van der Waals surface area contributed by atoms with E-state index in [1.54, 1.807) is 0 Å². The molecule has 0 saturated carbocycles. The van der Waals surface area contributed by atoms with Crippen molar-refractivity contribution in [2.45, 2.75) is 39.3 Å². The number of H-pyrrole nitrogens is 1. The second kappa shape index (κ2) is 6.68. The lowest BCUT2D eigenvalue weighted by molar-refractivity contribution is 0.245. The summed E-state index contributed by atoms with van der Waals surface area (Å²) in [4.78, 5) is 3.32. The normalized spacial score (nSPS) is 13.1. The maximum Gasteiger partial charge on any atom is 0.178 e. The molecule has 110 valence electrons. The van der Waals surface area contributed by atoms with Gasteiger partial charge in [0.1, 0.15) is 11.3 Å². The topological polar surface area (TPSA) is 29.9 Å². The molecule has 0 fully saturated rings. The van der Waals surface area contributed by atoms with Gasteiger partial charge in [-0.3, -0.25) is 0 Å². The van der Waals surface area contributed by atoms with E-state index < -0.39 is 0 Å².